The Kier molecular flexibility index (Phi) is 4.15. The number of nitrogens with one attached hydrogen (secondary N) is 1. The van der Waals surface area contributed by atoms with Crippen molar-refractivity contribution < 1.29 is 4.79 Å². The van der Waals surface area contributed by atoms with E-state index in [0.717, 1.165) is 25.2 Å². The van der Waals surface area contributed by atoms with E-state index in [1.807, 2.05) is 24.1 Å². The van der Waals surface area contributed by atoms with Gasteiger partial charge in [-0.1, -0.05) is 25.1 Å². The van der Waals surface area contributed by atoms with Gasteiger partial charge in [0.05, 0.1) is 0 Å². The number of benzene rings is 1. The van der Waals surface area contributed by atoms with Crippen LogP contribution in [-0.2, 0) is 11.2 Å². The first-order chi connectivity index (χ1) is 10.2. The molecule has 1 saturated heterocycles. The zero-order valence-corrected chi connectivity index (χ0v) is 13.0. The summed E-state index contributed by atoms with van der Waals surface area (Å²) < 4.78 is 0. The minimum absolute atomic E-state index is 0.0936. The van der Waals surface area contributed by atoms with Gasteiger partial charge in [0.2, 0.25) is 5.91 Å². The number of hydrogen-bond acceptors (Lipinski definition) is 3. The molecule has 1 aromatic rings. The molecule has 0 radical (unpaired) electrons. The molecule has 4 nitrogen and oxygen atoms in total. The topological polar surface area (TPSA) is 35.6 Å². The fourth-order valence-corrected chi connectivity index (χ4v) is 3.64. The van der Waals surface area contributed by atoms with Gasteiger partial charge >= 0.3 is 0 Å². The fourth-order valence-electron chi connectivity index (χ4n) is 3.64. The molecule has 1 amide bonds. The Bertz CT molecular complexity index is 492. The molecule has 0 saturated carbocycles. The predicted octanol–water partition coefficient (Wildman–Crippen LogP) is 1.97. The van der Waals surface area contributed by atoms with Crippen LogP contribution in [0.2, 0.25) is 0 Å². The summed E-state index contributed by atoms with van der Waals surface area (Å²) in [6, 6.07) is 8.65. The van der Waals surface area contributed by atoms with E-state index in [1.54, 1.807) is 0 Å². The minimum Gasteiger partial charge on any atom is -0.373 e. The molecule has 0 aliphatic carbocycles. The Hall–Kier alpha value is -1.55. The van der Waals surface area contributed by atoms with Gasteiger partial charge in [-0.2, -0.15) is 0 Å². The van der Waals surface area contributed by atoms with Gasteiger partial charge in [0.1, 0.15) is 6.04 Å². The van der Waals surface area contributed by atoms with Crippen molar-refractivity contribution in [2.24, 2.45) is 0 Å². The van der Waals surface area contributed by atoms with Crippen LogP contribution in [0.15, 0.2) is 24.3 Å². The number of likely N-dealkylation sites (N-methyl/N-ethyl adjacent to an activating group) is 2. The van der Waals surface area contributed by atoms with Crippen LogP contribution in [0.3, 0.4) is 0 Å². The van der Waals surface area contributed by atoms with Gasteiger partial charge in [-0.3, -0.25) is 9.69 Å². The fraction of sp³-hybridized carbons (Fsp3) is 0.588. The number of likely N-dealkylation sites (tertiary alicyclic amines) is 1. The highest BCUT2D eigenvalue weighted by molar-refractivity contribution is 5.87. The maximum Gasteiger partial charge on any atom is 0.245 e. The van der Waals surface area contributed by atoms with Crippen LogP contribution in [0.25, 0.3) is 0 Å². The highest BCUT2D eigenvalue weighted by Gasteiger charge is 2.31. The number of para-hydroxylation sites is 1. The quantitative estimate of drug-likeness (QED) is 0.919. The van der Waals surface area contributed by atoms with E-state index in [4.69, 9.17) is 0 Å². The summed E-state index contributed by atoms with van der Waals surface area (Å²) in [5.74, 6) is 0.217. The Morgan fingerprint density at radius 2 is 2.24 bits per heavy atom. The molecule has 2 aliphatic heterocycles. The first-order valence-electron chi connectivity index (χ1n) is 8.02. The molecule has 2 atom stereocenters. The molecule has 2 heterocycles. The smallest absolute Gasteiger partial charge is 0.245 e. The lowest BCUT2D eigenvalue weighted by molar-refractivity contribution is -0.131. The third kappa shape index (κ3) is 2.91. The van der Waals surface area contributed by atoms with E-state index >= 15 is 0 Å². The average molecular weight is 287 g/mol. The Balaban J connectivity index is 1.59. The van der Waals surface area contributed by atoms with Gasteiger partial charge < -0.3 is 10.2 Å². The molecule has 2 unspecified atom stereocenters. The maximum absolute atomic E-state index is 12.6. The predicted molar refractivity (Wildman–Crippen MR) is 85.5 cm³/mol. The number of amides is 1. The first kappa shape index (κ1) is 14.4. The first-order valence-corrected chi connectivity index (χ1v) is 8.02. The molecule has 1 aromatic carbocycles. The molecule has 0 bridgehead atoms. The number of carbonyl (C=O) groups is 1. The van der Waals surface area contributed by atoms with Crippen molar-refractivity contribution in [1.82, 2.24) is 9.80 Å². The number of carbonyl (C=O) groups excluding carboxylic acids is 1. The van der Waals surface area contributed by atoms with Gasteiger partial charge in [-0.05, 0) is 37.6 Å². The Morgan fingerprint density at radius 1 is 1.43 bits per heavy atom. The lowest BCUT2D eigenvalue weighted by atomic mass is 10.1. The molecule has 1 fully saturated rings. The minimum atomic E-state index is -0.0936. The van der Waals surface area contributed by atoms with Crippen LogP contribution in [0, 0.1) is 0 Å². The number of hydrogen-bond donors (Lipinski definition) is 1. The lowest BCUT2D eigenvalue weighted by Gasteiger charge is -2.29. The van der Waals surface area contributed by atoms with Crippen molar-refractivity contribution in [3.05, 3.63) is 29.8 Å². The highest BCUT2D eigenvalue weighted by atomic mass is 16.2. The van der Waals surface area contributed by atoms with Crippen molar-refractivity contribution in [2.75, 3.05) is 32.0 Å². The number of anilines is 1. The zero-order valence-electron chi connectivity index (χ0n) is 13.0. The second-order valence-corrected chi connectivity index (χ2v) is 6.20. The van der Waals surface area contributed by atoms with Crippen LogP contribution in [0.4, 0.5) is 5.69 Å². The second-order valence-electron chi connectivity index (χ2n) is 6.20. The standard InChI is InChI=1S/C17H25N3O/c1-3-20-10-6-8-14(20)12-19(2)17(21)16-11-13-7-4-5-9-15(13)18-16/h4-5,7,9,14,16,18H,3,6,8,10-12H2,1-2H3. The monoisotopic (exact) mass is 287 g/mol. The Labute approximate surface area is 127 Å². The largest absolute Gasteiger partial charge is 0.373 e. The molecular formula is C17H25N3O. The van der Waals surface area contributed by atoms with Crippen molar-refractivity contribution in [3.63, 3.8) is 0 Å². The van der Waals surface area contributed by atoms with Crippen LogP contribution in [0.1, 0.15) is 25.3 Å². The third-order valence-electron chi connectivity index (χ3n) is 4.84. The maximum atomic E-state index is 12.6. The summed E-state index contributed by atoms with van der Waals surface area (Å²) in [5.41, 5.74) is 2.36. The number of nitrogens with zero attached hydrogens (tertiary/aromatic N) is 2. The molecule has 0 aromatic heterocycles. The molecule has 1 N–H and O–H groups in total. The summed E-state index contributed by atoms with van der Waals surface area (Å²) in [5, 5.41) is 3.36. The molecule has 0 spiro atoms. The summed E-state index contributed by atoms with van der Waals surface area (Å²) >= 11 is 0. The van der Waals surface area contributed by atoms with E-state index in [1.165, 1.54) is 24.9 Å². The van der Waals surface area contributed by atoms with E-state index in [9.17, 15) is 4.79 Å². The van der Waals surface area contributed by atoms with Gasteiger partial charge in [-0.15, -0.1) is 0 Å². The molecular weight excluding hydrogens is 262 g/mol. The summed E-state index contributed by atoms with van der Waals surface area (Å²) in [6.07, 6.45) is 3.28. The van der Waals surface area contributed by atoms with Crippen LogP contribution in [0.5, 0.6) is 0 Å². The van der Waals surface area contributed by atoms with E-state index < -0.39 is 0 Å². The normalized spacial score (nSPS) is 24.7. The summed E-state index contributed by atoms with van der Waals surface area (Å²) in [4.78, 5) is 17.0. The highest BCUT2D eigenvalue weighted by Crippen LogP contribution is 2.26. The van der Waals surface area contributed by atoms with Crippen LogP contribution in [-0.4, -0.2) is 54.5 Å². The lowest BCUT2D eigenvalue weighted by Crippen LogP contribution is -2.46. The number of fused-ring (bicyclic) bond motifs is 1. The van der Waals surface area contributed by atoms with Gasteiger partial charge in [-0.25, -0.2) is 0 Å². The van der Waals surface area contributed by atoms with Gasteiger partial charge in [0, 0.05) is 31.7 Å². The van der Waals surface area contributed by atoms with Crippen molar-refractivity contribution in [3.8, 4) is 0 Å². The van der Waals surface area contributed by atoms with Crippen LogP contribution >= 0.6 is 0 Å². The molecule has 3 rings (SSSR count). The number of rotatable bonds is 4. The third-order valence-corrected chi connectivity index (χ3v) is 4.84. The van der Waals surface area contributed by atoms with Gasteiger partial charge in [0.25, 0.3) is 0 Å². The second kappa shape index (κ2) is 6.06. The van der Waals surface area contributed by atoms with Crippen LogP contribution < -0.4 is 5.32 Å². The van der Waals surface area contributed by atoms with E-state index in [-0.39, 0.29) is 11.9 Å². The van der Waals surface area contributed by atoms with Crippen molar-refractivity contribution >= 4 is 11.6 Å². The van der Waals surface area contributed by atoms with E-state index in [2.05, 4.69) is 29.3 Å². The SMILES string of the molecule is CCN1CCCC1CN(C)C(=O)C1Cc2ccccc2N1. The van der Waals surface area contributed by atoms with Crippen molar-refractivity contribution in [1.29, 1.82) is 0 Å². The molecule has 114 valence electrons. The molecule has 4 heteroatoms. The summed E-state index contributed by atoms with van der Waals surface area (Å²) in [7, 11) is 1.94. The average Bonchev–Trinajstić information content (AvgIpc) is 3.11. The molecule has 21 heavy (non-hydrogen) atoms. The zero-order chi connectivity index (χ0) is 14.8. The molecule has 2 aliphatic rings. The Morgan fingerprint density at radius 3 is 3.00 bits per heavy atom. The van der Waals surface area contributed by atoms with Crippen molar-refractivity contribution in [2.45, 2.75) is 38.3 Å². The van der Waals surface area contributed by atoms with Gasteiger partial charge in [0.15, 0.2) is 0 Å². The summed E-state index contributed by atoms with van der Waals surface area (Å²) in [6.45, 7) is 5.31. The van der Waals surface area contributed by atoms with E-state index in [0.29, 0.717) is 6.04 Å².